The van der Waals surface area contributed by atoms with Gasteiger partial charge in [0.05, 0.1) is 6.54 Å². The predicted octanol–water partition coefficient (Wildman–Crippen LogP) is 2.41. The minimum Gasteiger partial charge on any atom is -0.465 e. The van der Waals surface area contributed by atoms with Gasteiger partial charge in [0.2, 0.25) is 0 Å². The summed E-state index contributed by atoms with van der Waals surface area (Å²) in [5.41, 5.74) is 0. The summed E-state index contributed by atoms with van der Waals surface area (Å²) >= 11 is 0. The molecule has 0 bridgehead atoms. The van der Waals surface area contributed by atoms with E-state index in [0.717, 1.165) is 30.5 Å². The third-order valence-corrected chi connectivity index (χ3v) is 3.80. The number of aryl methyl sites for hydroxylation is 1. The van der Waals surface area contributed by atoms with Gasteiger partial charge in [0.15, 0.2) is 0 Å². The Morgan fingerprint density at radius 3 is 2.88 bits per heavy atom. The Balaban J connectivity index is 1.82. The highest BCUT2D eigenvalue weighted by Crippen LogP contribution is 2.26. The summed E-state index contributed by atoms with van der Waals surface area (Å²) in [7, 11) is 4.27. The van der Waals surface area contributed by atoms with E-state index in [1.54, 1.807) is 0 Å². The Hall–Kier alpha value is -0.800. The first-order valence-electron chi connectivity index (χ1n) is 6.60. The van der Waals surface area contributed by atoms with Gasteiger partial charge < -0.3 is 9.73 Å². The topological polar surface area (TPSA) is 28.4 Å². The molecular formula is C14H24N2O. The van der Waals surface area contributed by atoms with Crippen molar-refractivity contribution < 1.29 is 4.42 Å². The zero-order valence-electron chi connectivity index (χ0n) is 11.2. The molecule has 1 aliphatic rings. The minimum absolute atomic E-state index is 0.704. The van der Waals surface area contributed by atoms with Crippen LogP contribution in [0.3, 0.4) is 0 Å². The van der Waals surface area contributed by atoms with Crippen LogP contribution < -0.4 is 5.32 Å². The van der Waals surface area contributed by atoms with E-state index in [4.69, 9.17) is 4.42 Å². The first kappa shape index (κ1) is 12.7. The number of nitrogens with one attached hydrogen (secondary N) is 1. The van der Waals surface area contributed by atoms with Crippen molar-refractivity contribution >= 4 is 0 Å². The molecule has 1 heterocycles. The molecule has 2 unspecified atom stereocenters. The molecule has 1 aromatic heterocycles. The van der Waals surface area contributed by atoms with E-state index in [9.17, 15) is 0 Å². The van der Waals surface area contributed by atoms with Gasteiger partial charge in [0.25, 0.3) is 0 Å². The third-order valence-electron chi connectivity index (χ3n) is 3.80. The Labute approximate surface area is 104 Å². The largest absolute Gasteiger partial charge is 0.465 e. The van der Waals surface area contributed by atoms with Gasteiger partial charge in [0.1, 0.15) is 11.5 Å². The Morgan fingerprint density at radius 2 is 2.24 bits per heavy atom. The maximum absolute atomic E-state index is 5.61. The van der Waals surface area contributed by atoms with E-state index in [-0.39, 0.29) is 0 Å². The Kier molecular flexibility index (Phi) is 4.24. The molecule has 0 aliphatic heterocycles. The predicted molar refractivity (Wildman–Crippen MR) is 70.0 cm³/mol. The maximum atomic E-state index is 5.61. The van der Waals surface area contributed by atoms with Crippen LogP contribution in [0.4, 0.5) is 0 Å². The second-order valence-electron chi connectivity index (χ2n) is 5.30. The summed E-state index contributed by atoms with van der Waals surface area (Å²) in [6, 6.07) is 4.82. The van der Waals surface area contributed by atoms with Crippen molar-refractivity contribution in [2.24, 2.45) is 5.92 Å². The molecule has 3 heteroatoms. The highest BCUT2D eigenvalue weighted by molar-refractivity contribution is 5.05. The van der Waals surface area contributed by atoms with Crippen molar-refractivity contribution in [3.05, 3.63) is 23.7 Å². The van der Waals surface area contributed by atoms with Gasteiger partial charge in [-0.3, -0.25) is 4.90 Å². The normalized spacial score (nSPS) is 24.7. The highest BCUT2D eigenvalue weighted by Gasteiger charge is 2.26. The lowest BCUT2D eigenvalue weighted by atomic mass is 10.0. The zero-order valence-corrected chi connectivity index (χ0v) is 11.2. The Morgan fingerprint density at radius 1 is 1.41 bits per heavy atom. The van der Waals surface area contributed by atoms with Gasteiger partial charge in [-0.1, -0.05) is 6.42 Å². The van der Waals surface area contributed by atoms with E-state index in [1.807, 2.05) is 13.0 Å². The maximum Gasteiger partial charge on any atom is 0.118 e. The molecule has 1 aromatic rings. The summed E-state index contributed by atoms with van der Waals surface area (Å²) in [6.45, 7) is 4.07. The van der Waals surface area contributed by atoms with Crippen LogP contribution in [0, 0.1) is 12.8 Å². The molecule has 96 valence electrons. The van der Waals surface area contributed by atoms with E-state index in [0.29, 0.717) is 6.04 Å². The third kappa shape index (κ3) is 3.33. The lowest BCUT2D eigenvalue weighted by Gasteiger charge is -2.24. The number of furan rings is 1. The van der Waals surface area contributed by atoms with Crippen LogP contribution >= 0.6 is 0 Å². The first-order chi connectivity index (χ1) is 8.19. The molecular weight excluding hydrogens is 212 g/mol. The molecule has 0 spiro atoms. The van der Waals surface area contributed by atoms with Crippen LogP contribution in [0.2, 0.25) is 0 Å². The molecule has 1 N–H and O–H groups in total. The van der Waals surface area contributed by atoms with Crippen LogP contribution in [-0.2, 0) is 6.54 Å². The van der Waals surface area contributed by atoms with Crippen LogP contribution in [-0.4, -0.2) is 31.6 Å². The smallest absolute Gasteiger partial charge is 0.118 e. The van der Waals surface area contributed by atoms with Gasteiger partial charge in [-0.25, -0.2) is 0 Å². The average molecular weight is 236 g/mol. The number of nitrogens with zero attached hydrogens (tertiary/aromatic N) is 1. The van der Waals surface area contributed by atoms with Crippen molar-refractivity contribution in [3.63, 3.8) is 0 Å². The van der Waals surface area contributed by atoms with Crippen molar-refractivity contribution in [1.82, 2.24) is 10.2 Å². The van der Waals surface area contributed by atoms with Gasteiger partial charge in [0, 0.05) is 12.6 Å². The molecule has 0 saturated heterocycles. The monoisotopic (exact) mass is 236 g/mol. The molecule has 2 atom stereocenters. The van der Waals surface area contributed by atoms with Crippen molar-refractivity contribution in [2.75, 3.05) is 20.6 Å². The first-order valence-corrected chi connectivity index (χ1v) is 6.60. The Bertz CT molecular complexity index is 348. The number of rotatable bonds is 5. The molecule has 1 saturated carbocycles. The fraction of sp³-hybridized carbons (Fsp3) is 0.714. The minimum atomic E-state index is 0.704. The average Bonchev–Trinajstić information content (AvgIpc) is 2.87. The van der Waals surface area contributed by atoms with Crippen LogP contribution in [0.1, 0.15) is 30.8 Å². The fourth-order valence-corrected chi connectivity index (χ4v) is 2.94. The fourth-order valence-electron chi connectivity index (χ4n) is 2.94. The van der Waals surface area contributed by atoms with Crippen LogP contribution in [0.15, 0.2) is 16.5 Å². The molecule has 0 radical (unpaired) electrons. The van der Waals surface area contributed by atoms with Gasteiger partial charge in [-0.2, -0.15) is 0 Å². The molecule has 1 aliphatic carbocycles. The highest BCUT2D eigenvalue weighted by atomic mass is 16.3. The summed E-state index contributed by atoms with van der Waals surface area (Å²) < 4.78 is 5.61. The van der Waals surface area contributed by atoms with Crippen LogP contribution in [0.25, 0.3) is 0 Å². The van der Waals surface area contributed by atoms with E-state index in [2.05, 4.69) is 30.4 Å². The van der Waals surface area contributed by atoms with Gasteiger partial charge >= 0.3 is 0 Å². The molecule has 1 fully saturated rings. The van der Waals surface area contributed by atoms with Crippen molar-refractivity contribution in [3.8, 4) is 0 Å². The second kappa shape index (κ2) is 5.69. The van der Waals surface area contributed by atoms with Crippen molar-refractivity contribution in [1.29, 1.82) is 0 Å². The lowest BCUT2D eigenvalue weighted by molar-refractivity contribution is 0.232. The van der Waals surface area contributed by atoms with E-state index < -0.39 is 0 Å². The second-order valence-corrected chi connectivity index (χ2v) is 5.30. The number of hydrogen-bond acceptors (Lipinski definition) is 3. The molecule has 17 heavy (non-hydrogen) atoms. The summed E-state index contributed by atoms with van der Waals surface area (Å²) in [6.07, 6.45) is 4.05. The standard InChI is InChI=1S/C14H24N2O/c1-11-7-8-13(17-11)10-16(3)9-12-5-4-6-14(12)15-2/h7-8,12,14-15H,4-6,9-10H2,1-3H3. The summed E-state index contributed by atoms with van der Waals surface area (Å²) in [4.78, 5) is 2.37. The number of hydrogen-bond donors (Lipinski definition) is 1. The molecule has 2 rings (SSSR count). The molecule has 0 aromatic carbocycles. The van der Waals surface area contributed by atoms with E-state index in [1.165, 1.54) is 19.3 Å². The van der Waals surface area contributed by atoms with Crippen LogP contribution in [0.5, 0.6) is 0 Å². The van der Waals surface area contributed by atoms with E-state index >= 15 is 0 Å². The van der Waals surface area contributed by atoms with Crippen molar-refractivity contribution in [2.45, 2.75) is 38.8 Å². The molecule has 3 nitrogen and oxygen atoms in total. The zero-order chi connectivity index (χ0) is 12.3. The summed E-state index contributed by atoms with van der Waals surface area (Å²) in [5, 5.41) is 3.44. The SMILES string of the molecule is CNC1CCCC1CN(C)Cc1ccc(C)o1. The lowest BCUT2D eigenvalue weighted by Crippen LogP contribution is -2.36. The molecule has 0 amide bonds. The van der Waals surface area contributed by atoms with Gasteiger partial charge in [-0.05, 0) is 51.9 Å². The summed E-state index contributed by atoms with van der Waals surface area (Å²) in [5.74, 6) is 2.87. The quantitative estimate of drug-likeness (QED) is 0.851. The van der Waals surface area contributed by atoms with Gasteiger partial charge in [-0.15, -0.1) is 0 Å².